The monoisotopic (exact) mass is 417 g/mol. The number of piperidine rings is 1. The Kier molecular flexibility index (Phi) is 9.30. The van der Waals surface area contributed by atoms with Crippen LogP contribution in [0.3, 0.4) is 0 Å². The second kappa shape index (κ2) is 11.7. The molecule has 1 atom stereocenters. The second-order valence-corrected chi connectivity index (χ2v) is 8.42. The molecule has 30 heavy (non-hydrogen) atoms. The van der Waals surface area contributed by atoms with Crippen LogP contribution in [0.25, 0.3) is 0 Å². The van der Waals surface area contributed by atoms with E-state index in [0.29, 0.717) is 51.1 Å². The highest BCUT2D eigenvalue weighted by atomic mass is 16.5. The van der Waals surface area contributed by atoms with Gasteiger partial charge in [-0.3, -0.25) is 14.4 Å². The molecule has 0 aromatic heterocycles. The molecule has 2 rings (SSSR count). The molecular formula is C23H35N3O4. The van der Waals surface area contributed by atoms with Crippen LogP contribution < -0.4 is 10.6 Å². The Labute approximate surface area is 179 Å². The van der Waals surface area contributed by atoms with Crippen molar-refractivity contribution in [2.75, 3.05) is 33.4 Å². The van der Waals surface area contributed by atoms with Crippen LogP contribution in [0.1, 0.15) is 49.0 Å². The van der Waals surface area contributed by atoms with Gasteiger partial charge < -0.3 is 20.3 Å². The summed E-state index contributed by atoms with van der Waals surface area (Å²) in [6.45, 7) is 7.90. The Bertz CT molecular complexity index is 710. The third kappa shape index (κ3) is 7.13. The van der Waals surface area contributed by atoms with Gasteiger partial charge >= 0.3 is 0 Å². The molecule has 3 amide bonds. The molecule has 1 heterocycles. The standard InChI is InChI=1S/C23H35N3O4/c1-16(2)15-20(27)25-21(22(28)24-11-14-30-4)18-9-12-26(13-10-18)23(29)19-7-5-17(3)6-8-19/h5-8,16,18,21H,9-15H2,1-4H3,(H,24,28)(H,25,27)/t21-/m1/s1. The Morgan fingerprint density at radius 2 is 1.77 bits per heavy atom. The highest BCUT2D eigenvalue weighted by molar-refractivity contribution is 5.94. The quantitative estimate of drug-likeness (QED) is 0.603. The lowest BCUT2D eigenvalue weighted by molar-refractivity contribution is -0.131. The second-order valence-electron chi connectivity index (χ2n) is 8.42. The number of hydrogen-bond donors (Lipinski definition) is 2. The molecule has 1 aromatic rings. The molecular weight excluding hydrogens is 382 g/mol. The average molecular weight is 418 g/mol. The van der Waals surface area contributed by atoms with Crippen molar-refractivity contribution in [2.45, 2.75) is 46.1 Å². The molecule has 0 unspecified atom stereocenters. The van der Waals surface area contributed by atoms with Gasteiger partial charge in [0, 0.05) is 38.7 Å². The first kappa shape index (κ1) is 23.9. The van der Waals surface area contributed by atoms with Crippen molar-refractivity contribution in [1.82, 2.24) is 15.5 Å². The SMILES string of the molecule is COCCNC(=O)[C@H](NC(=O)CC(C)C)C1CCN(C(=O)c2ccc(C)cc2)CC1. The summed E-state index contributed by atoms with van der Waals surface area (Å²) in [4.78, 5) is 39.7. The van der Waals surface area contributed by atoms with Crippen LogP contribution in [0.15, 0.2) is 24.3 Å². The minimum Gasteiger partial charge on any atom is -0.383 e. The van der Waals surface area contributed by atoms with E-state index >= 15 is 0 Å². The molecule has 0 radical (unpaired) electrons. The zero-order valence-electron chi connectivity index (χ0n) is 18.6. The van der Waals surface area contributed by atoms with Crippen molar-refractivity contribution in [2.24, 2.45) is 11.8 Å². The lowest BCUT2D eigenvalue weighted by Crippen LogP contribution is -2.54. The van der Waals surface area contributed by atoms with E-state index in [2.05, 4.69) is 10.6 Å². The first-order chi connectivity index (χ1) is 14.3. The molecule has 0 aliphatic carbocycles. The first-order valence-corrected chi connectivity index (χ1v) is 10.7. The molecule has 1 aliphatic rings. The van der Waals surface area contributed by atoms with E-state index in [1.807, 2.05) is 49.9 Å². The van der Waals surface area contributed by atoms with Gasteiger partial charge in [0.25, 0.3) is 5.91 Å². The summed E-state index contributed by atoms with van der Waals surface area (Å²) >= 11 is 0. The highest BCUT2D eigenvalue weighted by Crippen LogP contribution is 2.23. The van der Waals surface area contributed by atoms with Gasteiger partial charge in [0.1, 0.15) is 6.04 Å². The van der Waals surface area contributed by atoms with Crippen molar-refractivity contribution in [3.05, 3.63) is 35.4 Å². The zero-order chi connectivity index (χ0) is 22.1. The van der Waals surface area contributed by atoms with Crippen LogP contribution in [0.4, 0.5) is 0 Å². The van der Waals surface area contributed by atoms with E-state index in [-0.39, 0.29) is 29.6 Å². The zero-order valence-corrected chi connectivity index (χ0v) is 18.6. The summed E-state index contributed by atoms with van der Waals surface area (Å²) < 4.78 is 4.99. The lowest BCUT2D eigenvalue weighted by atomic mass is 9.88. The summed E-state index contributed by atoms with van der Waals surface area (Å²) in [6.07, 6.45) is 1.72. The van der Waals surface area contributed by atoms with Crippen molar-refractivity contribution < 1.29 is 19.1 Å². The summed E-state index contributed by atoms with van der Waals surface area (Å²) in [7, 11) is 1.58. The van der Waals surface area contributed by atoms with Gasteiger partial charge in [0.2, 0.25) is 11.8 Å². The van der Waals surface area contributed by atoms with E-state index in [4.69, 9.17) is 4.74 Å². The topological polar surface area (TPSA) is 87.7 Å². The minimum atomic E-state index is -0.593. The molecule has 1 fully saturated rings. The molecule has 0 saturated carbocycles. The molecule has 1 aliphatic heterocycles. The number of rotatable bonds is 9. The molecule has 1 aromatic carbocycles. The maximum absolute atomic E-state index is 12.8. The highest BCUT2D eigenvalue weighted by Gasteiger charge is 2.34. The average Bonchev–Trinajstić information content (AvgIpc) is 2.72. The number of carbonyl (C=O) groups is 3. The van der Waals surface area contributed by atoms with Crippen LogP contribution in [-0.2, 0) is 14.3 Å². The molecule has 2 N–H and O–H groups in total. The number of nitrogens with one attached hydrogen (secondary N) is 2. The van der Waals surface area contributed by atoms with Crippen molar-refractivity contribution in [3.8, 4) is 0 Å². The number of benzene rings is 1. The Morgan fingerprint density at radius 1 is 1.13 bits per heavy atom. The summed E-state index contributed by atoms with van der Waals surface area (Å²) in [5.41, 5.74) is 1.79. The Balaban J connectivity index is 1.99. The smallest absolute Gasteiger partial charge is 0.253 e. The van der Waals surface area contributed by atoms with Crippen molar-refractivity contribution in [3.63, 3.8) is 0 Å². The minimum absolute atomic E-state index is 0.00859. The third-order valence-electron chi connectivity index (χ3n) is 5.39. The molecule has 166 valence electrons. The van der Waals surface area contributed by atoms with Crippen molar-refractivity contribution in [1.29, 1.82) is 0 Å². The van der Waals surface area contributed by atoms with Crippen LogP contribution in [0.2, 0.25) is 0 Å². The number of methoxy groups -OCH3 is 1. The molecule has 7 heteroatoms. The normalized spacial score (nSPS) is 15.7. The van der Waals surface area contributed by atoms with Gasteiger partial charge in [0.05, 0.1) is 6.61 Å². The van der Waals surface area contributed by atoms with E-state index in [1.54, 1.807) is 7.11 Å². The van der Waals surface area contributed by atoms with Gasteiger partial charge in [-0.15, -0.1) is 0 Å². The maximum atomic E-state index is 12.8. The third-order valence-corrected chi connectivity index (χ3v) is 5.39. The summed E-state index contributed by atoms with van der Waals surface area (Å²) in [5.74, 6) is -0.0807. The Hall–Kier alpha value is -2.41. The number of nitrogens with zero attached hydrogens (tertiary/aromatic N) is 1. The fourth-order valence-electron chi connectivity index (χ4n) is 3.70. The first-order valence-electron chi connectivity index (χ1n) is 10.7. The van der Waals surface area contributed by atoms with Gasteiger partial charge in [-0.2, -0.15) is 0 Å². The fraction of sp³-hybridized carbons (Fsp3) is 0.609. The number of aryl methyl sites for hydroxylation is 1. The van der Waals surface area contributed by atoms with Gasteiger partial charge in [0.15, 0.2) is 0 Å². The molecule has 0 bridgehead atoms. The van der Waals surface area contributed by atoms with Gasteiger partial charge in [-0.25, -0.2) is 0 Å². The molecule has 0 spiro atoms. The predicted molar refractivity (Wildman–Crippen MR) is 116 cm³/mol. The van der Waals surface area contributed by atoms with Crippen LogP contribution in [-0.4, -0.2) is 62.0 Å². The van der Waals surface area contributed by atoms with E-state index < -0.39 is 6.04 Å². The molecule has 7 nitrogen and oxygen atoms in total. The van der Waals surface area contributed by atoms with E-state index in [1.165, 1.54) is 0 Å². The fourth-order valence-corrected chi connectivity index (χ4v) is 3.70. The number of likely N-dealkylation sites (tertiary alicyclic amines) is 1. The maximum Gasteiger partial charge on any atom is 0.253 e. The number of amides is 3. The van der Waals surface area contributed by atoms with Crippen LogP contribution >= 0.6 is 0 Å². The van der Waals surface area contributed by atoms with Crippen LogP contribution in [0, 0.1) is 18.8 Å². The largest absolute Gasteiger partial charge is 0.383 e. The lowest BCUT2D eigenvalue weighted by Gasteiger charge is -2.36. The number of carbonyl (C=O) groups excluding carboxylic acids is 3. The van der Waals surface area contributed by atoms with Gasteiger partial charge in [-0.1, -0.05) is 31.5 Å². The Morgan fingerprint density at radius 3 is 2.33 bits per heavy atom. The van der Waals surface area contributed by atoms with Gasteiger partial charge in [-0.05, 0) is 43.7 Å². The van der Waals surface area contributed by atoms with E-state index in [0.717, 1.165) is 5.56 Å². The van der Waals surface area contributed by atoms with Crippen molar-refractivity contribution >= 4 is 17.7 Å². The van der Waals surface area contributed by atoms with E-state index in [9.17, 15) is 14.4 Å². The number of ether oxygens (including phenoxy) is 1. The summed E-state index contributed by atoms with van der Waals surface area (Å²) in [5, 5.41) is 5.78. The predicted octanol–water partition coefficient (Wildman–Crippen LogP) is 2.14. The number of hydrogen-bond acceptors (Lipinski definition) is 4. The summed E-state index contributed by atoms with van der Waals surface area (Å²) in [6, 6.07) is 6.98. The molecule has 1 saturated heterocycles. The van der Waals surface area contributed by atoms with Crippen LogP contribution in [0.5, 0.6) is 0 Å².